The molecule has 4 rings (SSSR count). The van der Waals surface area contributed by atoms with Crippen LogP contribution in [-0.4, -0.2) is 35.4 Å². The number of imidazole rings is 1. The first-order valence-electron chi connectivity index (χ1n) is 7.99. The predicted molar refractivity (Wildman–Crippen MR) is 93.9 cm³/mol. The van der Waals surface area contributed by atoms with Crippen LogP contribution in [0, 0.1) is 0 Å². The van der Waals surface area contributed by atoms with Crippen molar-refractivity contribution in [2.45, 2.75) is 6.54 Å². The monoisotopic (exact) mass is 345 g/mol. The van der Waals surface area contributed by atoms with Gasteiger partial charge in [0.2, 0.25) is 0 Å². The number of hydrogen-bond acceptors (Lipinski definition) is 5. The minimum absolute atomic E-state index is 0.261. The quantitative estimate of drug-likeness (QED) is 0.595. The van der Waals surface area contributed by atoms with E-state index in [1.54, 1.807) is 29.6 Å². The summed E-state index contributed by atoms with van der Waals surface area (Å²) in [6.45, 7) is 0.355. The Kier molecular flexibility index (Phi) is 4.21. The number of hydrogen-bond donors (Lipinski definition) is 1. The molecule has 0 fully saturated rings. The Morgan fingerprint density at radius 1 is 1.12 bits per heavy atom. The second-order valence-corrected chi connectivity index (χ2v) is 5.56. The average Bonchev–Trinajstić information content (AvgIpc) is 3.39. The van der Waals surface area contributed by atoms with Gasteiger partial charge in [0.05, 0.1) is 11.9 Å². The molecule has 1 aromatic carbocycles. The van der Waals surface area contributed by atoms with Gasteiger partial charge in [-0.25, -0.2) is 14.6 Å². The molecule has 26 heavy (non-hydrogen) atoms. The maximum atomic E-state index is 12.3. The van der Waals surface area contributed by atoms with Gasteiger partial charge in [-0.2, -0.15) is 0 Å². The van der Waals surface area contributed by atoms with Gasteiger partial charge in [-0.05, 0) is 23.8 Å². The molecule has 8 nitrogen and oxygen atoms in total. The summed E-state index contributed by atoms with van der Waals surface area (Å²) < 4.78 is 3.38. The van der Waals surface area contributed by atoms with Crippen LogP contribution >= 0.6 is 0 Å². The minimum Gasteiger partial charge on any atom is -0.346 e. The van der Waals surface area contributed by atoms with Gasteiger partial charge in [0.25, 0.3) is 5.91 Å². The summed E-state index contributed by atoms with van der Waals surface area (Å²) >= 11 is 0. The third kappa shape index (κ3) is 3.34. The molecule has 0 bridgehead atoms. The third-order valence-corrected chi connectivity index (χ3v) is 3.78. The van der Waals surface area contributed by atoms with Crippen molar-refractivity contribution in [3.05, 3.63) is 84.8 Å². The van der Waals surface area contributed by atoms with Gasteiger partial charge in [0.15, 0.2) is 5.69 Å². The highest BCUT2D eigenvalue weighted by Gasteiger charge is 2.11. The lowest BCUT2D eigenvalue weighted by atomic mass is 10.2. The van der Waals surface area contributed by atoms with Crippen molar-refractivity contribution in [3.8, 4) is 11.5 Å². The number of nitrogens with one attached hydrogen (secondary N) is 1. The van der Waals surface area contributed by atoms with E-state index >= 15 is 0 Å². The van der Waals surface area contributed by atoms with Crippen LogP contribution in [0.2, 0.25) is 0 Å². The predicted octanol–water partition coefficient (Wildman–Crippen LogP) is 1.78. The maximum absolute atomic E-state index is 12.3. The molecule has 0 aliphatic heterocycles. The molecule has 0 atom stereocenters. The summed E-state index contributed by atoms with van der Waals surface area (Å²) in [6.07, 6.45) is 8.51. The van der Waals surface area contributed by atoms with Crippen molar-refractivity contribution < 1.29 is 4.79 Å². The lowest BCUT2D eigenvalue weighted by Gasteiger charge is -2.05. The van der Waals surface area contributed by atoms with Crippen molar-refractivity contribution >= 4 is 5.91 Å². The molecule has 0 unspecified atom stereocenters. The minimum atomic E-state index is -0.286. The van der Waals surface area contributed by atoms with Crippen LogP contribution in [0.5, 0.6) is 0 Å². The van der Waals surface area contributed by atoms with E-state index in [1.165, 1.54) is 0 Å². The summed E-state index contributed by atoms with van der Waals surface area (Å²) in [5.74, 6) is 0.481. The van der Waals surface area contributed by atoms with E-state index in [4.69, 9.17) is 0 Å². The molecule has 0 radical (unpaired) electrons. The lowest BCUT2D eigenvalue weighted by molar-refractivity contribution is 0.0946. The lowest BCUT2D eigenvalue weighted by Crippen LogP contribution is -2.23. The summed E-state index contributed by atoms with van der Waals surface area (Å²) in [6, 6.07) is 13.3. The van der Waals surface area contributed by atoms with Gasteiger partial charge in [0, 0.05) is 25.1 Å². The van der Waals surface area contributed by atoms with Crippen LogP contribution in [0.4, 0.5) is 0 Å². The van der Waals surface area contributed by atoms with Crippen molar-refractivity contribution in [1.82, 2.24) is 34.8 Å². The molecule has 0 saturated carbocycles. The van der Waals surface area contributed by atoms with Crippen LogP contribution in [-0.2, 0) is 6.54 Å². The van der Waals surface area contributed by atoms with Crippen molar-refractivity contribution in [3.63, 3.8) is 0 Å². The van der Waals surface area contributed by atoms with Gasteiger partial charge >= 0.3 is 0 Å². The van der Waals surface area contributed by atoms with Gasteiger partial charge in [-0.1, -0.05) is 29.5 Å². The van der Waals surface area contributed by atoms with E-state index < -0.39 is 0 Å². The normalized spacial score (nSPS) is 10.6. The third-order valence-electron chi connectivity index (χ3n) is 3.78. The number of rotatable bonds is 5. The van der Waals surface area contributed by atoms with Crippen LogP contribution in [0.3, 0.4) is 0 Å². The molecule has 0 saturated heterocycles. The molecule has 0 aliphatic rings. The average molecular weight is 345 g/mol. The highest BCUT2D eigenvalue weighted by molar-refractivity contribution is 5.91. The second kappa shape index (κ2) is 6.98. The first kappa shape index (κ1) is 15.7. The Morgan fingerprint density at radius 2 is 2.00 bits per heavy atom. The first-order valence-corrected chi connectivity index (χ1v) is 7.99. The van der Waals surface area contributed by atoms with E-state index in [0.29, 0.717) is 6.54 Å². The summed E-state index contributed by atoms with van der Waals surface area (Å²) in [5.41, 5.74) is 1.99. The van der Waals surface area contributed by atoms with E-state index in [2.05, 4.69) is 25.6 Å². The van der Waals surface area contributed by atoms with Gasteiger partial charge in [-0.15, -0.1) is 5.10 Å². The highest BCUT2D eigenvalue weighted by Crippen LogP contribution is 2.07. The van der Waals surface area contributed by atoms with Gasteiger partial charge in [-0.3, -0.25) is 9.36 Å². The fourth-order valence-electron chi connectivity index (χ4n) is 2.42. The largest absolute Gasteiger partial charge is 0.346 e. The number of pyridine rings is 1. The Labute approximate surface area is 149 Å². The van der Waals surface area contributed by atoms with E-state index in [0.717, 1.165) is 17.1 Å². The van der Waals surface area contributed by atoms with Crippen molar-refractivity contribution in [1.29, 1.82) is 0 Å². The van der Waals surface area contributed by atoms with Crippen LogP contribution in [0.25, 0.3) is 11.5 Å². The summed E-state index contributed by atoms with van der Waals surface area (Å²) in [5, 5.41) is 10.7. The zero-order chi connectivity index (χ0) is 17.8. The molecule has 0 aliphatic carbocycles. The molecular weight excluding hydrogens is 330 g/mol. The van der Waals surface area contributed by atoms with E-state index in [-0.39, 0.29) is 11.6 Å². The number of carbonyl (C=O) groups excluding carboxylic acids is 1. The highest BCUT2D eigenvalue weighted by atomic mass is 16.2. The molecular formula is C18H15N7O. The standard InChI is InChI=1S/C18H15N7O/c26-18(16-12-25(23-22-16)15-4-2-1-3-5-15)21-11-14-6-7-17(20-10-14)24-9-8-19-13-24/h1-10,12-13H,11H2,(H,21,26). The molecule has 128 valence electrons. The van der Waals surface area contributed by atoms with Crippen molar-refractivity contribution in [2.24, 2.45) is 0 Å². The molecule has 3 aromatic heterocycles. The fourth-order valence-corrected chi connectivity index (χ4v) is 2.42. The van der Waals surface area contributed by atoms with Crippen LogP contribution in [0.15, 0.2) is 73.6 Å². The van der Waals surface area contributed by atoms with Crippen LogP contribution in [0.1, 0.15) is 16.1 Å². The molecule has 3 heterocycles. The van der Waals surface area contributed by atoms with Crippen molar-refractivity contribution in [2.75, 3.05) is 0 Å². The number of nitrogens with zero attached hydrogens (tertiary/aromatic N) is 6. The molecule has 1 amide bonds. The number of amides is 1. The molecule has 0 spiro atoms. The smallest absolute Gasteiger partial charge is 0.273 e. The molecule has 1 N–H and O–H groups in total. The number of para-hydroxylation sites is 1. The zero-order valence-corrected chi connectivity index (χ0v) is 13.7. The zero-order valence-electron chi connectivity index (χ0n) is 13.7. The Bertz CT molecular complexity index is 992. The van der Waals surface area contributed by atoms with Crippen LogP contribution < -0.4 is 5.32 Å². The molecule has 4 aromatic rings. The molecule has 8 heteroatoms. The number of aromatic nitrogens is 6. The van der Waals surface area contributed by atoms with Gasteiger partial charge < -0.3 is 5.32 Å². The summed E-state index contributed by atoms with van der Waals surface area (Å²) in [7, 11) is 0. The Hall–Kier alpha value is -3.81. The van der Waals surface area contributed by atoms with Gasteiger partial charge in [0.1, 0.15) is 12.1 Å². The topological polar surface area (TPSA) is 90.5 Å². The maximum Gasteiger partial charge on any atom is 0.273 e. The SMILES string of the molecule is O=C(NCc1ccc(-n2ccnc2)nc1)c1cn(-c2ccccc2)nn1. The fraction of sp³-hybridized carbons (Fsp3) is 0.0556. The number of carbonyl (C=O) groups is 1. The number of benzene rings is 1. The summed E-state index contributed by atoms with van der Waals surface area (Å²) in [4.78, 5) is 20.6. The Morgan fingerprint density at radius 3 is 2.73 bits per heavy atom. The second-order valence-electron chi connectivity index (χ2n) is 5.56. The first-order chi connectivity index (χ1) is 12.8. The van der Waals surface area contributed by atoms with E-state index in [1.807, 2.05) is 53.2 Å². The van der Waals surface area contributed by atoms with E-state index in [9.17, 15) is 4.79 Å². The Balaban J connectivity index is 1.39.